The highest BCUT2D eigenvalue weighted by Crippen LogP contribution is 2.31. The van der Waals surface area contributed by atoms with Crippen LogP contribution in [0.15, 0.2) is 0 Å². The average molecular weight is 234 g/mol. The maximum absolute atomic E-state index is 11.8. The third kappa shape index (κ3) is 2.07. The second kappa shape index (κ2) is 3.64. The lowest BCUT2D eigenvalue weighted by atomic mass is 10.4. The van der Waals surface area contributed by atoms with Crippen LogP contribution in [0.25, 0.3) is 0 Å². The molecule has 1 amide bonds. The number of hydrogen-bond donors (Lipinski definition) is 1. The Labute approximate surface area is 88.5 Å². The molecule has 86 valence electrons. The lowest BCUT2D eigenvalue weighted by molar-refractivity contribution is 0.126. The normalized spacial score (nSPS) is 24.1. The van der Waals surface area contributed by atoms with E-state index < -0.39 is 16.1 Å². The van der Waals surface area contributed by atoms with Gasteiger partial charge >= 0.3 is 6.09 Å². The van der Waals surface area contributed by atoms with Crippen LogP contribution in [0.1, 0.15) is 12.8 Å². The van der Waals surface area contributed by atoms with Gasteiger partial charge in [0, 0.05) is 26.2 Å². The molecule has 1 aliphatic carbocycles. The standard InChI is InChI=1S/C8H14N2O4S/c11-8(12)9-3-5-10(6-4-9)15(13,14)7-1-2-7/h7H,1-6H2,(H,11,12). The quantitative estimate of drug-likeness (QED) is 0.716. The first-order valence-electron chi connectivity index (χ1n) is 4.98. The topological polar surface area (TPSA) is 77.9 Å². The Morgan fingerprint density at radius 1 is 1.13 bits per heavy atom. The molecule has 1 saturated carbocycles. The number of sulfonamides is 1. The molecule has 15 heavy (non-hydrogen) atoms. The van der Waals surface area contributed by atoms with Crippen molar-refractivity contribution in [1.29, 1.82) is 0 Å². The van der Waals surface area contributed by atoms with Crippen LogP contribution < -0.4 is 0 Å². The van der Waals surface area contributed by atoms with Gasteiger partial charge in [-0.2, -0.15) is 4.31 Å². The fourth-order valence-electron chi connectivity index (χ4n) is 1.71. The molecule has 1 heterocycles. The molecule has 0 aromatic heterocycles. The summed E-state index contributed by atoms with van der Waals surface area (Å²) in [6.07, 6.45) is 0.529. The SMILES string of the molecule is O=C(O)N1CCN(S(=O)(=O)C2CC2)CC1. The van der Waals surface area contributed by atoms with Crippen LogP contribution >= 0.6 is 0 Å². The Balaban J connectivity index is 1.96. The van der Waals surface area contributed by atoms with E-state index in [9.17, 15) is 13.2 Å². The van der Waals surface area contributed by atoms with E-state index in [0.717, 1.165) is 12.8 Å². The summed E-state index contributed by atoms with van der Waals surface area (Å²) in [4.78, 5) is 11.9. The van der Waals surface area contributed by atoms with Gasteiger partial charge in [0.15, 0.2) is 0 Å². The summed E-state index contributed by atoms with van der Waals surface area (Å²) >= 11 is 0. The first-order chi connectivity index (χ1) is 7.01. The molecule has 0 unspecified atom stereocenters. The highest BCUT2D eigenvalue weighted by Gasteiger charge is 2.41. The van der Waals surface area contributed by atoms with E-state index in [1.807, 2.05) is 0 Å². The van der Waals surface area contributed by atoms with E-state index in [0.29, 0.717) is 13.1 Å². The highest BCUT2D eigenvalue weighted by atomic mass is 32.2. The van der Waals surface area contributed by atoms with E-state index in [4.69, 9.17) is 5.11 Å². The third-order valence-corrected chi connectivity index (χ3v) is 5.21. The molecule has 0 aromatic carbocycles. The minimum Gasteiger partial charge on any atom is -0.465 e. The lowest BCUT2D eigenvalue weighted by Gasteiger charge is -2.32. The molecule has 7 heteroatoms. The number of nitrogens with zero attached hydrogens (tertiary/aromatic N) is 2. The van der Waals surface area contributed by atoms with Crippen molar-refractivity contribution in [2.24, 2.45) is 0 Å². The molecule has 0 spiro atoms. The summed E-state index contributed by atoms with van der Waals surface area (Å²) in [5.41, 5.74) is 0. The van der Waals surface area contributed by atoms with Crippen molar-refractivity contribution in [3.8, 4) is 0 Å². The molecule has 0 atom stereocenters. The zero-order valence-electron chi connectivity index (χ0n) is 8.29. The smallest absolute Gasteiger partial charge is 0.407 e. The lowest BCUT2D eigenvalue weighted by Crippen LogP contribution is -2.50. The number of amides is 1. The van der Waals surface area contributed by atoms with E-state index >= 15 is 0 Å². The minimum atomic E-state index is -3.12. The van der Waals surface area contributed by atoms with Crippen LogP contribution in [-0.2, 0) is 10.0 Å². The summed E-state index contributed by atoms with van der Waals surface area (Å²) in [7, 11) is -3.12. The maximum atomic E-state index is 11.8. The van der Waals surface area contributed by atoms with E-state index in [1.165, 1.54) is 9.21 Å². The fourth-order valence-corrected chi connectivity index (χ4v) is 3.54. The van der Waals surface area contributed by atoms with Gasteiger partial charge in [-0.1, -0.05) is 0 Å². The largest absolute Gasteiger partial charge is 0.465 e. The Morgan fingerprint density at radius 3 is 2.07 bits per heavy atom. The number of carboxylic acid groups (broad SMARTS) is 1. The molecular weight excluding hydrogens is 220 g/mol. The molecule has 2 aliphatic rings. The summed E-state index contributed by atoms with van der Waals surface area (Å²) in [5.74, 6) is 0. The van der Waals surface area contributed by atoms with Crippen molar-refractivity contribution in [1.82, 2.24) is 9.21 Å². The van der Waals surface area contributed by atoms with Crippen LogP contribution in [0.5, 0.6) is 0 Å². The maximum Gasteiger partial charge on any atom is 0.407 e. The van der Waals surface area contributed by atoms with Crippen LogP contribution in [0.3, 0.4) is 0 Å². The zero-order valence-corrected chi connectivity index (χ0v) is 9.11. The molecule has 1 N–H and O–H groups in total. The second-order valence-electron chi connectivity index (χ2n) is 3.91. The predicted octanol–water partition coefficient (Wildman–Crippen LogP) is -0.226. The Bertz CT molecular complexity index is 355. The third-order valence-electron chi connectivity index (χ3n) is 2.81. The van der Waals surface area contributed by atoms with Gasteiger partial charge in [0.1, 0.15) is 0 Å². The van der Waals surface area contributed by atoms with E-state index in [1.54, 1.807) is 0 Å². The van der Waals surface area contributed by atoms with Gasteiger partial charge in [-0.15, -0.1) is 0 Å². The Hall–Kier alpha value is -0.820. The summed E-state index contributed by atoms with van der Waals surface area (Å²) in [6, 6.07) is 0. The molecule has 1 aliphatic heterocycles. The molecule has 0 bridgehead atoms. The Kier molecular flexibility index (Phi) is 2.59. The average Bonchev–Trinajstić information content (AvgIpc) is 3.01. The summed E-state index contributed by atoms with van der Waals surface area (Å²) in [5, 5.41) is 8.51. The van der Waals surface area contributed by atoms with Gasteiger partial charge in [-0.05, 0) is 12.8 Å². The number of piperazine rings is 1. The van der Waals surface area contributed by atoms with Crippen LogP contribution in [0, 0.1) is 0 Å². The Morgan fingerprint density at radius 2 is 1.67 bits per heavy atom. The van der Waals surface area contributed by atoms with Crippen molar-refractivity contribution in [3.05, 3.63) is 0 Å². The van der Waals surface area contributed by atoms with Crippen molar-refractivity contribution in [2.75, 3.05) is 26.2 Å². The molecule has 6 nitrogen and oxygen atoms in total. The molecule has 2 rings (SSSR count). The van der Waals surface area contributed by atoms with Crippen LogP contribution in [0.4, 0.5) is 4.79 Å². The first kappa shape index (κ1) is 10.7. The van der Waals surface area contributed by atoms with Gasteiger partial charge in [0.2, 0.25) is 10.0 Å². The van der Waals surface area contributed by atoms with Crippen molar-refractivity contribution in [3.63, 3.8) is 0 Å². The van der Waals surface area contributed by atoms with E-state index in [2.05, 4.69) is 0 Å². The summed E-state index contributed by atoms with van der Waals surface area (Å²) < 4.78 is 25.0. The van der Waals surface area contributed by atoms with Gasteiger partial charge in [-0.25, -0.2) is 13.2 Å². The monoisotopic (exact) mass is 234 g/mol. The van der Waals surface area contributed by atoms with Gasteiger partial charge in [0.05, 0.1) is 5.25 Å². The first-order valence-corrected chi connectivity index (χ1v) is 6.49. The molecule has 1 saturated heterocycles. The van der Waals surface area contributed by atoms with Crippen LogP contribution in [0.2, 0.25) is 0 Å². The van der Waals surface area contributed by atoms with Crippen molar-refractivity contribution in [2.45, 2.75) is 18.1 Å². The van der Waals surface area contributed by atoms with Crippen molar-refractivity contribution >= 4 is 16.1 Å². The van der Waals surface area contributed by atoms with Gasteiger partial charge < -0.3 is 10.0 Å². The molecule has 2 fully saturated rings. The zero-order chi connectivity index (χ0) is 11.1. The number of carbonyl (C=O) groups is 1. The molecule has 0 radical (unpaired) electrons. The van der Waals surface area contributed by atoms with Crippen LogP contribution in [-0.4, -0.2) is 60.3 Å². The highest BCUT2D eigenvalue weighted by molar-refractivity contribution is 7.90. The summed E-state index contributed by atoms with van der Waals surface area (Å²) in [6.45, 7) is 1.15. The number of hydrogen-bond acceptors (Lipinski definition) is 3. The van der Waals surface area contributed by atoms with Crippen molar-refractivity contribution < 1.29 is 18.3 Å². The second-order valence-corrected chi connectivity index (χ2v) is 6.13. The van der Waals surface area contributed by atoms with Gasteiger partial charge in [0.25, 0.3) is 0 Å². The van der Waals surface area contributed by atoms with E-state index in [-0.39, 0.29) is 18.3 Å². The number of rotatable bonds is 2. The predicted molar refractivity (Wildman–Crippen MR) is 53.1 cm³/mol. The fraction of sp³-hybridized carbons (Fsp3) is 0.875. The molecular formula is C8H14N2O4S. The molecule has 0 aromatic rings. The van der Waals surface area contributed by atoms with Gasteiger partial charge in [-0.3, -0.25) is 0 Å². The minimum absolute atomic E-state index is 0.200.